The normalized spacial score (nSPS) is 10.8. The number of anilines is 2. The fourth-order valence-corrected chi connectivity index (χ4v) is 1.96. The van der Waals surface area contributed by atoms with Crippen LogP contribution in [0.15, 0.2) is 30.7 Å². The first-order valence-corrected chi connectivity index (χ1v) is 5.80. The number of nitrogens with two attached hydrogens (primary N) is 1. The predicted octanol–water partition coefficient (Wildman–Crippen LogP) is 0.966. The number of aromatic amines is 1. The summed E-state index contributed by atoms with van der Waals surface area (Å²) in [6.45, 7) is 0.708. The van der Waals surface area contributed by atoms with Crippen LogP contribution >= 0.6 is 0 Å². The molecule has 3 aromatic heterocycles. The highest BCUT2D eigenvalue weighted by atomic mass is 15.2. The molecule has 0 aliphatic carbocycles. The summed E-state index contributed by atoms with van der Waals surface area (Å²) in [6.07, 6.45) is 5.24. The molecule has 3 aromatic rings. The van der Waals surface area contributed by atoms with Crippen LogP contribution < -0.4 is 10.6 Å². The van der Waals surface area contributed by atoms with Gasteiger partial charge in [0.15, 0.2) is 5.65 Å². The van der Waals surface area contributed by atoms with Crippen molar-refractivity contribution < 1.29 is 0 Å². The third-order valence-electron chi connectivity index (χ3n) is 2.84. The SMILES string of the molecule is CN(Cc1ccncc1)c1nc(N)nc2[nH]ncc12. The van der Waals surface area contributed by atoms with E-state index in [1.165, 1.54) is 0 Å². The van der Waals surface area contributed by atoms with E-state index in [9.17, 15) is 0 Å². The van der Waals surface area contributed by atoms with E-state index in [0.29, 0.717) is 12.2 Å². The van der Waals surface area contributed by atoms with Crippen molar-refractivity contribution in [2.75, 3.05) is 17.7 Å². The second-order valence-corrected chi connectivity index (χ2v) is 4.25. The van der Waals surface area contributed by atoms with E-state index in [1.54, 1.807) is 18.6 Å². The lowest BCUT2D eigenvalue weighted by Gasteiger charge is -2.18. The molecule has 0 spiro atoms. The van der Waals surface area contributed by atoms with Crippen molar-refractivity contribution in [2.24, 2.45) is 0 Å². The third kappa shape index (κ3) is 2.17. The van der Waals surface area contributed by atoms with Crippen molar-refractivity contribution >= 4 is 22.8 Å². The van der Waals surface area contributed by atoms with Gasteiger partial charge in [0.25, 0.3) is 0 Å². The number of nitrogens with zero attached hydrogens (tertiary/aromatic N) is 5. The molecule has 0 bridgehead atoms. The molecular formula is C12H13N7. The summed E-state index contributed by atoms with van der Waals surface area (Å²) < 4.78 is 0. The summed E-state index contributed by atoms with van der Waals surface area (Å²) >= 11 is 0. The van der Waals surface area contributed by atoms with Crippen molar-refractivity contribution in [3.8, 4) is 0 Å². The van der Waals surface area contributed by atoms with Crippen LogP contribution in [0, 0.1) is 0 Å². The maximum Gasteiger partial charge on any atom is 0.224 e. The molecule has 3 N–H and O–H groups in total. The van der Waals surface area contributed by atoms with E-state index in [-0.39, 0.29) is 5.95 Å². The zero-order chi connectivity index (χ0) is 13.2. The minimum atomic E-state index is 0.230. The van der Waals surface area contributed by atoms with E-state index < -0.39 is 0 Å². The quantitative estimate of drug-likeness (QED) is 0.723. The Kier molecular flexibility index (Phi) is 2.71. The molecule has 0 radical (unpaired) electrons. The minimum Gasteiger partial charge on any atom is -0.368 e. The van der Waals surface area contributed by atoms with Gasteiger partial charge in [0, 0.05) is 26.0 Å². The third-order valence-corrected chi connectivity index (χ3v) is 2.84. The Labute approximate surface area is 109 Å². The Morgan fingerprint density at radius 2 is 2.05 bits per heavy atom. The highest BCUT2D eigenvalue weighted by molar-refractivity contribution is 5.87. The number of fused-ring (bicyclic) bond motifs is 1. The Balaban J connectivity index is 1.97. The molecule has 0 amide bonds. The van der Waals surface area contributed by atoms with Crippen LogP contribution in [0.1, 0.15) is 5.56 Å². The van der Waals surface area contributed by atoms with Crippen LogP contribution in [0.4, 0.5) is 11.8 Å². The number of rotatable bonds is 3. The topological polar surface area (TPSA) is 96.6 Å². The van der Waals surface area contributed by atoms with Crippen molar-refractivity contribution in [3.05, 3.63) is 36.3 Å². The largest absolute Gasteiger partial charge is 0.368 e. The van der Waals surface area contributed by atoms with Gasteiger partial charge in [0.2, 0.25) is 5.95 Å². The van der Waals surface area contributed by atoms with Crippen molar-refractivity contribution in [3.63, 3.8) is 0 Å². The van der Waals surface area contributed by atoms with Gasteiger partial charge in [-0.15, -0.1) is 0 Å². The lowest BCUT2D eigenvalue weighted by molar-refractivity contribution is 0.899. The fourth-order valence-electron chi connectivity index (χ4n) is 1.96. The summed E-state index contributed by atoms with van der Waals surface area (Å²) in [7, 11) is 1.95. The highest BCUT2D eigenvalue weighted by Crippen LogP contribution is 2.23. The number of nitrogen functional groups attached to an aromatic ring is 1. The zero-order valence-corrected chi connectivity index (χ0v) is 10.4. The molecule has 0 fully saturated rings. The lowest BCUT2D eigenvalue weighted by Crippen LogP contribution is -2.18. The average Bonchev–Trinajstić information content (AvgIpc) is 2.86. The monoisotopic (exact) mass is 255 g/mol. The fraction of sp³-hybridized carbons (Fsp3) is 0.167. The Morgan fingerprint density at radius 3 is 2.84 bits per heavy atom. The maximum absolute atomic E-state index is 5.71. The van der Waals surface area contributed by atoms with Crippen LogP contribution in [0.2, 0.25) is 0 Å². The molecule has 0 unspecified atom stereocenters. The molecule has 7 nitrogen and oxygen atoms in total. The maximum atomic E-state index is 5.71. The van der Waals surface area contributed by atoms with E-state index in [2.05, 4.69) is 25.1 Å². The Hall–Kier alpha value is -2.70. The molecule has 0 atom stereocenters. The molecule has 0 aromatic carbocycles. The minimum absolute atomic E-state index is 0.230. The highest BCUT2D eigenvalue weighted by Gasteiger charge is 2.12. The van der Waals surface area contributed by atoms with E-state index in [0.717, 1.165) is 16.8 Å². The summed E-state index contributed by atoms with van der Waals surface area (Å²) in [5.41, 5.74) is 7.50. The van der Waals surface area contributed by atoms with Gasteiger partial charge in [-0.3, -0.25) is 10.1 Å². The van der Waals surface area contributed by atoms with Gasteiger partial charge in [-0.05, 0) is 17.7 Å². The van der Waals surface area contributed by atoms with Gasteiger partial charge < -0.3 is 10.6 Å². The van der Waals surface area contributed by atoms with E-state index >= 15 is 0 Å². The first kappa shape index (κ1) is 11.4. The zero-order valence-electron chi connectivity index (χ0n) is 10.4. The number of hydrogen-bond donors (Lipinski definition) is 2. The standard InChI is InChI=1S/C12H13N7/c1-19(7-8-2-4-14-5-3-8)11-9-6-15-18-10(9)16-12(13)17-11/h2-6H,7H2,1H3,(H3,13,15,16,17,18). The van der Waals surface area contributed by atoms with Crippen LogP contribution in [-0.4, -0.2) is 32.2 Å². The van der Waals surface area contributed by atoms with Crippen LogP contribution in [-0.2, 0) is 6.54 Å². The molecule has 0 saturated carbocycles. The number of aromatic nitrogens is 5. The van der Waals surface area contributed by atoms with Gasteiger partial charge in [0.05, 0.1) is 11.6 Å². The van der Waals surface area contributed by atoms with Gasteiger partial charge in [0.1, 0.15) is 5.82 Å². The number of nitrogens with one attached hydrogen (secondary N) is 1. The van der Waals surface area contributed by atoms with E-state index in [1.807, 2.05) is 24.1 Å². The van der Waals surface area contributed by atoms with Crippen LogP contribution in [0.3, 0.4) is 0 Å². The molecule has 0 saturated heterocycles. The molecule has 19 heavy (non-hydrogen) atoms. The Morgan fingerprint density at radius 1 is 1.26 bits per heavy atom. The van der Waals surface area contributed by atoms with E-state index in [4.69, 9.17) is 5.73 Å². The molecule has 3 rings (SSSR count). The van der Waals surface area contributed by atoms with Gasteiger partial charge in [-0.25, -0.2) is 0 Å². The van der Waals surface area contributed by atoms with Gasteiger partial charge in [-0.2, -0.15) is 15.1 Å². The average molecular weight is 255 g/mol. The summed E-state index contributed by atoms with van der Waals surface area (Å²) in [5, 5.41) is 7.63. The molecule has 96 valence electrons. The second kappa shape index (κ2) is 4.52. The molecule has 0 aliphatic rings. The molecule has 7 heteroatoms. The summed E-state index contributed by atoms with van der Waals surface area (Å²) in [4.78, 5) is 14.4. The van der Waals surface area contributed by atoms with Crippen molar-refractivity contribution in [2.45, 2.75) is 6.54 Å². The molecule has 3 heterocycles. The first-order valence-electron chi connectivity index (χ1n) is 5.80. The molecular weight excluding hydrogens is 242 g/mol. The van der Waals surface area contributed by atoms with Crippen LogP contribution in [0.25, 0.3) is 11.0 Å². The van der Waals surface area contributed by atoms with Gasteiger partial charge in [-0.1, -0.05) is 0 Å². The van der Waals surface area contributed by atoms with Gasteiger partial charge >= 0.3 is 0 Å². The molecule has 0 aliphatic heterocycles. The predicted molar refractivity (Wildman–Crippen MR) is 72.4 cm³/mol. The number of pyridine rings is 1. The number of hydrogen-bond acceptors (Lipinski definition) is 6. The smallest absolute Gasteiger partial charge is 0.224 e. The lowest BCUT2D eigenvalue weighted by atomic mass is 10.2. The Bertz CT molecular complexity index is 692. The second-order valence-electron chi connectivity index (χ2n) is 4.25. The number of H-pyrrole nitrogens is 1. The van der Waals surface area contributed by atoms with Crippen LogP contribution in [0.5, 0.6) is 0 Å². The first-order chi connectivity index (χ1) is 9.24. The van der Waals surface area contributed by atoms with Crippen molar-refractivity contribution in [1.82, 2.24) is 25.1 Å². The summed E-state index contributed by atoms with van der Waals surface area (Å²) in [6, 6.07) is 3.93. The van der Waals surface area contributed by atoms with Crippen molar-refractivity contribution in [1.29, 1.82) is 0 Å². The summed E-state index contributed by atoms with van der Waals surface area (Å²) in [5.74, 6) is 0.987.